The summed E-state index contributed by atoms with van der Waals surface area (Å²) in [4.78, 5) is 11.5. The molecule has 0 aliphatic rings. The first-order valence-electron chi connectivity index (χ1n) is 6.66. The van der Waals surface area contributed by atoms with Gasteiger partial charge in [0.2, 0.25) is 0 Å². The van der Waals surface area contributed by atoms with E-state index in [1.165, 1.54) is 36.4 Å². The van der Waals surface area contributed by atoms with Gasteiger partial charge < -0.3 is 14.9 Å². The Kier molecular flexibility index (Phi) is 5.14. The quantitative estimate of drug-likeness (QED) is 0.506. The molecule has 0 heterocycles. The van der Waals surface area contributed by atoms with Gasteiger partial charge in [-0.25, -0.2) is 9.18 Å². The minimum absolute atomic E-state index is 0.0743. The molecule has 2 N–H and O–H groups in total. The van der Waals surface area contributed by atoms with Crippen molar-refractivity contribution < 1.29 is 24.1 Å². The van der Waals surface area contributed by atoms with Crippen LogP contribution in [0.5, 0.6) is 11.5 Å². The number of benzene rings is 2. The van der Waals surface area contributed by atoms with Crippen LogP contribution >= 0.6 is 0 Å². The predicted octanol–water partition coefficient (Wildman–Crippen LogP) is 3.04. The second-order valence-electron chi connectivity index (χ2n) is 4.59. The largest absolute Gasteiger partial charge is 0.504 e. The van der Waals surface area contributed by atoms with E-state index in [1.807, 2.05) is 0 Å². The van der Waals surface area contributed by atoms with E-state index in [0.29, 0.717) is 17.5 Å². The Hall–Kier alpha value is -2.82. The standard InChI is InChI=1S/C17H15FO4/c18-14-4-2-1-3-13(14)9-10-22-17(21)8-6-12-5-7-15(19)16(20)11-12/h1-8,11,19-20H,9-10H2/b8-6+. The molecule has 0 radical (unpaired) electrons. The summed E-state index contributed by atoms with van der Waals surface area (Å²) < 4.78 is 18.3. The van der Waals surface area contributed by atoms with Gasteiger partial charge in [0.1, 0.15) is 5.82 Å². The van der Waals surface area contributed by atoms with Gasteiger partial charge in [-0.1, -0.05) is 24.3 Å². The fraction of sp³-hybridized carbons (Fsp3) is 0.118. The number of halogens is 1. The summed E-state index contributed by atoms with van der Waals surface area (Å²) in [6, 6.07) is 10.5. The average molecular weight is 302 g/mol. The third-order valence-electron chi connectivity index (χ3n) is 2.98. The molecular formula is C17H15FO4. The predicted molar refractivity (Wildman–Crippen MR) is 79.9 cm³/mol. The van der Waals surface area contributed by atoms with E-state index in [-0.39, 0.29) is 23.9 Å². The van der Waals surface area contributed by atoms with Gasteiger partial charge in [-0.2, -0.15) is 0 Å². The maximum Gasteiger partial charge on any atom is 0.330 e. The molecule has 0 aromatic heterocycles. The average Bonchev–Trinajstić information content (AvgIpc) is 2.50. The zero-order valence-corrected chi connectivity index (χ0v) is 11.7. The summed E-state index contributed by atoms with van der Waals surface area (Å²) in [5.74, 6) is -1.39. The van der Waals surface area contributed by atoms with E-state index in [1.54, 1.807) is 18.2 Å². The second kappa shape index (κ2) is 7.26. The lowest BCUT2D eigenvalue weighted by Crippen LogP contribution is -2.05. The second-order valence-corrected chi connectivity index (χ2v) is 4.59. The summed E-state index contributed by atoms with van der Waals surface area (Å²) in [7, 11) is 0. The number of carbonyl (C=O) groups is 1. The van der Waals surface area contributed by atoms with Gasteiger partial charge >= 0.3 is 5.97 Å². The summed E-state index contributed by atoms with van der Waals surface area (Å²) in [6.07, 6.45) is 2.95. The van der Waals surface area contributed by atoms with E-state index >= 15 is 0 Å². The molecule has 0 saturated heterocycles. The van der Waals surface area contributed by atoms with Crippen molar-refractivity contribution in [2.24, 2.45) is 0 Å². The van der Waals surface area contributed by atoms with Crippen molar-refractivity contribution in [1.82, 2.24) is 0 Å². The normalized spacial score (nSPS) is 10.8. The molecule has 4 nitrogen and oxygen atoms in total. The van der Waals surface area contributed by atoms with Crippen LogP contribution < -0.4 is 0 Å². The van der Waals surface area contributed by atoms with Gasteiger partial charge in [-0.3, -0.25) is 0 Å². The maximum atomic E-state index is 13.4. The SMILES string of the molecule is O=C(/C=C/c1ccc(O)c(O)c1)OCCc1ccccc1F. The lowest BCUT2D eigenvalue weighted by Gasteiger charge is -2.03. The molecule has 114 valence electrons. The van der Waals surface area contributed by atoms with Gasteiger partial charge in [0.15, 0.2) is 11.5 Å². The molecule has 2 aromatic carbocycles. The fourth-order valence-electron chi connectivity index (χ4n) is 1.82. The van der Waals surface area contributed by atoms with Crippen LogP contribution in [-0.4, -0.2) is 22.8 Å². The number of carbonyl (C=O) groups excluding carboxylic acids is 1. The summed E-state index contributed by atoms with van der Waals surface area (Å²) >= 11 is 0. The first kappa shape index (κ1) is 15.6. The molecule has 0 spiro atoms. The zero-order chi connectivity index (χ0) is 15.9. The maximum absolute atomic E-state index is 13.4. The van der Waals surface area contributed by atoms with Crippen molar-refractivity contribution in [1.29, 1.82) is 0 Å². The minimum Gasteiger partial charge on any atom is -0.504 e. The van der Waals surface area contributed by atoms with Crippen LogP contribution in [0.15, 0.2) is 48.5 Å². The van der Waals surface area contributed by atoms with E-state index in [4.69, 9.17) is 4.74 Å². The third-order valence-corrected chi connectivity index (χ3v) is 2.98. The number of hydrogen-bond acceptors (Lipinski definition) is 4. The Morgan fingerprint density at radius 1 is 1.14 bits per heavy atom. The minimum atomic E-state index is -0.566. The number of phenolic OH excluding ortho intramolecular Hbond substituents is 2. The summed E-state index contributed by atoms with van der Waals surface area (Å²) in [5.41, 5.74) is 1.03. The van der Waals surface area contributed by atoms with E-state index in [0.717, 1.165) is 0 Å². The summed E-state index contributed by atoms with van der Waals surface area (Å²) in [6.45, 7) is 0.0743. The summed E-state index contributed by atoms with van der Waals surface area (Å²) in [5, 5.41) is 18.5. The lowest BCUT2D eigenvalue weighted by molar-refractivity contribution is -0.137. The van der Waals surface area contributed by atoms with Gasteiger partial charge in [-0.05, 0) is 35.4 Å². The third kappa shape index (κ3) is 4.34. The van der Waals surface area contributed by atoms with Crippen LogP contribution in [0.2, 0.25) is 0 Å². The van der Waals surface area contributed by atoms with Gasteiger partial charge in [0, 0.05) is 12.5 Å². The number of hydrogen-bond donors (Lipinski definition) is 2. The highest BCUT2D eigenvalue weighted by atomic mass is 19.1. The molecule has 0 bridgehead atoms. The van der Waals surface area contributed by atoms with Crippen molar-refractivity contribution in [3.63, 3.8) is 0 Å². The Balaban J connectivity index is 1.84. The Labute approximate surface area is 127 Å². The molecule has 0 unspecified atom stereocenters. The highest BCUT2D eigenvalue weighted by molar-refractivity contribution is 5.87. The molecule has 2 rings (SSSR count). The van der Waals surface area contributed by atoms with Gasteiger partial charge in [0.25, 0.3) is 0 Å². The molecule has 22 heavy (non-hydrogen) atoms. The fourth-order valence-corrected chi connectivity index (χ4v) is 1.82. The van der Waals surface area contributed by atoms with Crippen LogP contribution in [0.1, 0.15) is 11.1 Å². The Morgan fingerprint density at radius 3 is 2.64 bits per heavy atom. The smallest absolute Gasteiger partial charge is 0.330 e. The van der Waals surface area contributed by atoms with Crippen LogP contribution in [-0.2, 0) is 16.0 Å². The molecule has 0 saturated carbocycles. The molecule has 0 atom stereocenters. The Bertz CT molecular complexity index is 695. The van der Waals surface area contributed by atoms with E-state index < -0.39 is 5.97 Å². The molecule has 2 aromatic rings. The van der Waals surface area contributed by atoms with Crippen molar-refractivity contribution in [3.05, 3.63) is 65.5 Å². The van der Waals surface area contributed by atoms with Crippen LogP contribution in [0, 0.1) is 5.82 Å². The first-order valence-corrected chi connectivity index (χ1v) is 6.66. The van der Waals surface area contributed by atoms with Crippen LogP contribution in [0.4, 0.5) is 4.39 Å². The number of phenols is 2. The number of esters is 1. The van der Waals surface area contributed by atoms with Crippen molar-refractivity contribution in [2.45, 2.75) is 6.42 Å². The number of aromatic hydroxyl groups is 2. The number of rotatable bonds is 5. The number of ether oxygens (including phenoxy) is 1. The van der Waals surface area contributed by atoms with Gasteiger partial charge in [-0.15, -0.1) is 0 Å². The molecular weight excluding hydrogens is 287 g/mol. The molecule has 0 fully saturated rings. The molecule has 5 heteroatoms. The molecule has 0 aliphatic heterocycles. The monoisotopic (exact) mass is 302 g/mol. The van der Waals surface area contributed by atoms with Gasteiger partial charge in [0.05, 0.1) is 6.61 Å². The van der Waals surface area contributed by atoms with Crippen molar-refractivity contribution >= 4 is 12.0 Å². The van der Waals surface area contributed by atoms with Crippen LogP contribution in [0.25, 0.3) is 6.08 Å². The van der Waals surface area contributed by atoms with E-state index in [9.17, 15) is 19.4 Å². The lowest BCUT2D eigenvalue weighted by atomic mass is 10.1. The van der Waals surface area contributed by atoms with Crippen LogP contribution in [0.3, 0.4) is 0 Å². The topological polar surface area (TPSA) is 66.8 Å². The van der Waals surface area contributed by atoms with Crippen molar-refractivity contribution in [3.8, 4) is 11.5 Å². The Morgan fingerprint density at radius 2 is 1.91 bits per heavy atom. The zero-order valence-electron chi connectivity index (χ0n) is 11.7. The first-order chi connectivity index (χ1) is 10.6. The highest BCUT2D eigenvalue weighted by Gasteiger charge is 2.03. The highest BCUT2D eigenvalue weighted by Crippen LogP contribution is 2.25. The molecule has 0 aliphatic carbocycles. The van der Waals surface area contributed by atoms with E-state index in [2.05, 4.69) is 0 Å². The molecule has 0 amide bonds. The van der Waals surface area contributed by atoms with Crippen molar-refractivity contribution in [2.75, 3.05) is 6.61 Å².